The first kappa shape index (κ1) is 33.1. The fourth-order valence-corrected chi connectivity index (χ4v) is 5.70. The molecule has 0 bridgehead atoms. The number of hydrogen-bond donors (Lipinski definition) is 1. The SMILES string of the molecule is CCNC(=O)[C@H](Cc1ccccc1)N(Cc1ccc(Br)cc1)C(=O)CCCN(c1cccc(C(F)(F)F)c1)S(C)(=O)=O. The normalized spacial score (nSPS) is 12.4. The van der Waals surface area contributed by atoms with Crippen LogP contribution < -0.4 is 9.62 Å². The predicted octanol–water partition coefficient (Wildman–Crippen LogP) is 5.79. The summed E-state index contributed by atoms with van der Waals surface area (Å²) in [6.07, 6.45) is -3.59. The molecule has 0 unspecified atom stereocenters. The van der Waals surface area contributed by atoms with Gasteiger partial charge >= 0.3 is 6.18 Å². The molecule has 0 aliphatic rings. The highest BCUT2D eigenvalue weighted by molar-refractivity contribution is 9.10. The van der Waals surface area contributed by atoms with E-state index in [9.17, 15) is 31.2 Å². The molecule has 0 saturated carbocycles. The zero-order chi connectivity index (χ0) is 30.9. The van der Waals surface area contributed by atoms with Crippen LogP contribution >= 0.6 is 15.9 Å². The van der Waals surface area contributed by atoms with E-state index in [1.807, 2.05) is 54.6 Å². The highest BCUT2D eigenvalue weighted by Crippen LogP contribution is 2.32. The number of carbonyl (C=O) groups excluding carboxylic acids is 2. The van der Waals surface area contributed by atoms with Crippen molar-refractivity contribution >= 4 is 43.5 Å². The first-order valence-corrected chi connectivity index (χ1v) is 15.9. The van der Waals surface area contributed by atoms with Crippen LogP contribution in [0.15, 0.2) is 83.3 Å². The molecule has 1 atom stereocenters. The summed E-state index contributed by atoms with van der Waals surface area (Å²) in [5.41, 5.74) is 0.526. The van der Waals surface area contributed by atoms with Gasteiger partial charge in [0, 0.05) is 36.9 Å². The number of nitrogens with zero attached hydrogens (tertiary/aromatic N) is 2. The van der Waals surface area contributed by atoms with E-state index in [1.165, 1.54) is 11.0 Å². The first-order valence-electron chi connectivity index (χ1n) is 13.3. The number of carbonyl (C=O) groups is 2. The molecule has 3 aromatic rings. The van der Waals surface area contributed by atoms with Gasteiger partial charge in [0.2, 0.25) is 21.8 Å². The molecule has 226 valence electrons. The molecule has 42 heavy (non-hydrogen) atoms. The maximum Gasteiger partial charge on any atom is 0.416 e. The van der Waals surface area contributed by atoms with Crippen molar-refractivity contribution in [3.8, 4) is 0 Å². The van der Waals surface area contributed by atoms with Crippen molar-refractivity contribution in [1.82, 2.24) is 10.2 Å². The van der Waals surface area contributed by atoms with Gasteiger partial charge in [0.1, 0.15) is 6.04 Å². The summed E-state index contributed by atoms with van der Waals surface area (Å²) in [4.78, 5) is 28.5. The van der Waals surface area contributed by atoms with Crippen LogP contribution in [0.2, 0.25) is 0 Å². The summed E-state index contributed by atoms with van der Waals surface area (Å²) in [6, 6.07) is 19.8. The summed E-state index contributed by atoms with van der Waals surface area (Å²) in [5, 5.41) is 2.81. The number of anilines is 1. The number of sulfonamides is 1. The summed E-state index contributed by atoms with van der Waals surface area (Å²) in [7, 11) is -3.96. The van der Waals surface area contributed by atoms with Crippen molar-refractivity contribution in [3.05, 3.63) is 100 Å². The number of alkyl halides is 3. The molecule has 3 aromatic carbocycles. The minimum absolute atomic E-state index is 0.0203. The van der Waals surface area contributed by atoms with Gasteiger partial charge in [-0.25, -0.2) is 8.42 Å². The third-order valence-electron chi connectivity index (χ3n) is 6.50. The maximum absolute atomic E-state index is 13.7. The van der Waals surface area contributed by atoms with Gasteiger partial charge in [0.15, 0.2) is 0 Å². The number of amides is 2. The quantitative estimate of drug-likeness (QED) is 0.250. The minimum atomic E-state index is -4.64. The number of hydrogen-bond acceptors (Lipinski definition) is 4. The summed E-state index contributed by atoms with van der Waals surface area (Å²) in [5.74, 6) is -0.712. The lowest BCUT2D eigenvalue weighted by Crippen LogP contribution is -2.50. The number of likely N-dealkylation sites (N-methyl/N-ethyl adjacent to an activating group) is 1. The van der Waals surface area contributed by atoms with Crippen LogP contribution in [0.3, 0.4) is 0 Å². The lowest BCUT2D eigenvalue weighted by molar-refractivity contribution is -0.141. The van der Waals surface area contributed by atoms with Gasteiger partial charge in [-0.3, -0.25) is 13.9 Å². The second-order valence-corrected chi connectivity index (χ2v) is 12.6. The maximum atomic E-state index is 13.7. The zero-order valence-electron chi connectivity index (χ0n) is 23.3. The Kier molecular flexibility index (Phi) is 11.6. The molecule has 7 nitrogen and oxygen atoms in total. The van der Waals surface area contributed by atoms with Crippen molar-refractivity contribution < 1.29 is 31.2 Å². The van der Waals surface area contributed by atoms with Crippen molar-refractivity contribution in [3.63, 3.8) is 0 Å². The van der Waals surface area contributed by atoms with Crippen LogP contribution in [-0.2, 0) is 38.8 Å². The Hall–Kier alpha value is -3.38. The predicted molar refractivity (Wildman–Crippen MR) is 160 cm³/mol. The van der Waals surface area contributed by atoms with Crippen molar-refractivity contribution in [2.75, 3.05) is 23.7 Å². The number of nitrogens with one attached hydrogen (secondary N) is 1. The standard InChI is InChI=1S/C30H33BrF3N3O4S/c1-3-35-29(39)27(19-22-9-5-4-6-10-22)36(21-23-14-16-25(31)17-15-23)28(38)13-8-18-37(42(2,40)41)26-12-7-11-24(20-26)30(32,33)34/h4-7,9-12,14-17,20,27H,3,8,13,18-19,21H2,1-2H3,(H,35,39)/t27-/m0/s1. The second-order valence-electron chi connectivity index (χ2n) is 9.73. The van der Waals surface area contributed by atoms with Crippen LogP contribution in [0, 0.1) is 0 Å². The summed E-state index contributed by atoms with van der Waals surface area (Å²) < 4.78 is 66.6. The summed E-state index contributed by atoms with van der Waals surface area (Å²) >= 11 is 3.39. The lowest BCUT2D eigenvalue weighted by Gasteiger charge is -2.32. The van der Waals surface area contributed by atoms with Gasteiger partial charge < -0.3 is 10.2 Å². The molecule has 3 rings (SSSR count). The largest absolute Gasteiger partial charge is 0.416 e. The molecule has 0 aliphatic carbocycles. The van der Waals surface area contributed by atoms with E-state index in [2.05, 4.69) is 21.2 Å². The lowest BCUT2D eigenvalue weighted by atomic mass is 10.0. The Morgan fingerprint density at radius 3 is 2.21 bits per heavy atom. The Labute approximate surface area is 252 Å². The molecule has 0 aromatic heterocycles. The average molecular weight is 669 g/mol. The van der Waals surface area contributed by atoms with Gasteiger partial charge in [-0.2, -0.15) is 13.2 Å². The molecular formula is C30H33BrF3N3O4S. The topological polar surface area (TPSA) is 86.8 Å². The molecule has 0 radical (unpaired) electrons. The Bertz CT molecular complexity index is 1450. The Balaban J connectivity index is 1.87. The van der Waals surface area contributed by atoms with Crippen molar-refractivity contribution in [1.29, 1.82) is 0 Å². The summed E-state index contributed by atoms with van der Waals surface area (Å²) in [6.45, 7) is 2.06. The van der Waals surface area contributed by atoms with Crippen LogP contribution in [0.4, 0.5) is 18.9 Å². The van der Waals surface area contributed by atoms with Gasteiger partial charge in [-0.1, -0.05) is 64.5 Å². The molecule has 0 spiro atoms. The average Bonchev–Trinajstić information content (AvgIpc) is 2.93. The van der Waals surface area contributed by atoms with E-state index >= 15 is 0 Å². The fraction of sp³-hybridized carbons (Fsp3) is 0.333. The molecule has 12 heteroatoms. The van der Waals surface area contributed by atoms with E-state index in [1.54, 1.807) is 6.92 Å². The van der Waals surface area contributed by atoms with Crippen molar-refractivity contribution in [2.45, 2.75) is 44.9 Å². The molecule has 0 fully saturated rings. The highest BCUT2D eigenvalue weighted by Gasteiger charge is 2.32. The fourth-order valence-electron chi connectivity index (χ4n) is 4.47. The van der Waals surface area contributed by atoms with Crippen LogP contribution in [-0.4, -0.2) is 50.5 Å². The zero-order valence-corrected chi connectivity index (χ0v) is 25.7. The van der Waals surface area contributed by atoms with E-state index in [-0.39, 0.29) is 49.9 Å². The Morgan fingerprint density at radius 1 is 0.952 bits per heavy atom. The van der Waals surface area contributed by atoms with Crippen LogP contribution in [0.25, 0.3) is 0 Å². The van der Waals surface area contributed by atoms with Crippen molar-refractivity contribution in [2.24, 2.45) is 0 Å². The molecule has 0 aliphatic heterocycles. The van der Waals surface area contributed by atoms with E-state index < -0.39 is 27.8 Å². The minimum Gasteiger partial charge on any atom is -0.355 e. The van der Waals surface area contributed by atoms with E-state index in [0.29, 0.717) is 6.54 Å². The van der Waals surface area contributed by atoms with Gasteiger partial charge in [-0.05, 0) is 54.8 Å². The highest BCUT2D eigenvalue weighted by atomic mass is 79.9. The molecular weight excluding hydrogens is 635 g/mol. The third-order valence-corrected chi connectivity index (χ3v) is 8.22. The van der Waals surface area contributed by atoms with Crippen LogP contribution in [0.1, 0.15) is 36.5 Å². The van der Waals surface area contributed by atoms with Gasteiger partial charge in [0.25, 0.3) is 0 Å². The van der Waals surface area contributed by atoms with Gasteiger partial charge in [0.05, 0.1) is 17.5 Å². The molecule has 0 heterocycles. The third kappa shape index (κ3) is 9.59. The number of halogens is 4. The Morgan fingerprint density at radius 2 is 1.62 bits per heavy atom. The second kappa shape index (κ2) is 14.7. The first-order chi connectivity index (χ1) is 19.8. The number of rotatable bonds is 13. The van der Waals surface area contributed by atoms with E-state index in [0.717, 1.165) is 44.4 Å². The molecule has 2 amide bonds. The molecule has 0 saturated heterocycles. The monoisotopic (exact) mass is 667 g/mol. The number of benzene rings is 3. The smallest absolute Gasteiger partial charge is 0.355 e. The van der Waals surface area contributed by atoms with Gasteiger partial charge in [-0.15, -0.1) is 0 Å². The van der Waals surface area contributed by atoms with E-state index in [4.69, 9.17) is 0 Å². The molecule has 1 N–H and O–H groups in total. The van der Waals surface area contributed by atoms with Crippen LogP contribution in [0.5, 0.6) is 0 Å².